The molecule has 128 valence electrons. The molecular weight excluding hydrogens is 363 g/mol. The molecule has 0 aliphatic heterocycles. The fraction of sp³-hybridized carbons (Fsp3) is 0.111. The molecule has 0 unspecified atom stereocenters. The summed E-state index contributed by atoms with van der Waals surface area (Å²) in [7, 11) is 1.70. The highest BCUT2D eigenvalue weighted by atomic mass is 35.5. The van der Waals surface area contributed by atoms with Crippen molar-refractivity contribution < 1.29 is 13.9 Å². The Morgan fingerprint density at radius 3 is 2.68 bits per heavy atom. The standard InChI is InChI=1S/C18H14Cl2N2O3/c1-22-10-16(20)18(21-22)17(23)9-8-14-6-7-15(25-14)11-24-13-4-2-12(19)3-5-13/h2-10H,11H2,1H3. The van der Waals surface area contributed by atoms with Gasteiger partial charge in [-0.15, -0.1) is 0 Å². The molecule has 3 aromatic rings. The van der Waals surface area contributed by atoms with Crippen LogP contribution in [0.5, 0.6) is 5.75 Å². The first kappa shape index (κ1) is 17.3. The molecule has 0 N–H and O–H groups in total. The third-order valence-electron chi connectivity index (χ3n) is 3.29. The summed E-state index contributed by atoms with van der Waals surface area (Å²) in [6, 6.07) is 10.6. The second-order valence-corrected chi connectivity index (χ2v) is 6.09. The molecule has 0 aliphatic carbocycles. The Hall–Kier alpha value is -2.50. The lowest BCUT2D eigenvalue weighted by Crippen LogP contribution is -1.98. The number of carbonyl (C=O) groups is 1. The van der Waals surface area contributed by atoms with Crippen molar-refractivity contribution in [3.05, 3.63) is 75.9 Å². The first-order valence-corrected chi connectivity index (χ1v) is 8.15. The lowest BCUT2D eigenvalue weighted by Gasteiger charge is -2.03. The van der Waals surface area contributed by atoms with Gasteiger partial charge in [-0.3, -0.25) is 9.48 Å². The quantitative estimate of drug-likeness (QED) is 0.458. The van der Waals surface area contributed by atoms with E-state index < -0.39 is 0 Å². The Morgan fingerprint density at radius 1 is 1.24 bits per heavy atom. The highest BCUT2D eigenvalue weighted by Crippen LogP contribution is 2.19. The molecule has 3 rings (SSSR count). The number of aromatic nitrogens is 2. The lowest BCUT2D eigenvalue weighted by molar-refractivity contribution is 0.104. The Morgan fingerprint density at radius 2 is 2.00 bits per heavy atom. The van der Waals surface area contributed by atoms with Crippen molar-refractivity contribution >= 4 is 35.1 Å². The van der Waals surface area contributed by atoms with Gasteiger partial charge in [-0.05, 0) is 48.6 Å². The molecule has 1 aromatic carbocycles. The molecular formula is C18H14Cl2N2O3. The number of aryl methyl sites for hydroxylation is 1. The van der Waals surface area contributed by atoms with Crippen molar-refractivity contribution in [3.8, 4) is 5.75 Å². The van der Waals surface area contributed by atoms with E-state index in [4.69, 9.17) is 32.4 Å². The van der Waals surface area contributed by atoms with Crippen molar-refractivity contribution in [1.29, 1.82) is 0 Å². The highest BCUT2D eigenvalue weighted by Gasteiger charge is 2.12. The molecule has 5 nitrogen and oxygen atoms in total. The smallest absolute Gasteiger partial charge is 0.207 e. The number of ketones is 1. The van der Waals surface area contributed by atoms with Crippen LogP contribution in [-0.4, -0.2) is 15.6 Å². The fourth-order valence-corrected chi connectivity index (χ4v) is 2.51. The zero-order valence-corrected chi connectivity index (χ0v) is 14.8. The number of carbonyl (C=O) groups excluding carboxylic acids is 1. The molecule has 25 heavy (non-hydrogen) atoms. The molecule has 0 aliphatic rings. The van der Waals surface area contributed by atoms with Crippen LogP contribution in [0, 0.1) is 0 Å². The Labute approximate surface area is 154 Å². The fourth-order valence-electron chi connectivity index (χ4n) is 2.11. The van der Waals surface area contributed by atoms with E-state index in [-0.39, 0.29) is 18.1 Å². The molecule has 2 heterocycles. The molecule has 0 spiro atoms. The number of allylic oxidation sites excluding steroid dienone is 1. The second kappa shape index (κ2) is 7.59. The molecule has 0 fully saturated rings. The van der Waals surface area contributed by atoms with Crippen LogP contribution in [-0.2, 0) is 13.7 Å². The SMILES string of the molecule is Cn1cc(Cl)c(C(=O)C=Cc2ccc(COc3ccc(Cl)cc3)o2)n1. The minimum Gasteiger partial charge on any atom is -0.486 e. The molecule has 0 amide bonds. The number of hydrogen-bond donors (Lipinski definition) is 0. The monoisotopic (exact) mass is 376 g/mol. The number of halogens is 2. The van der Waals surface area contributed by atoms with Gasteiger partial charge in [0.15, 0.2) is 5.69 Å². The number of rotatable bonds is 6. The van der Waals surface area contributed by atoms with Gasteiger partial charge in [0, 0.05) is 18.3 Å². The zero-order valence-electron chi connectivity index (χ0n) is 13.3. The van der Waals surface area contributed by atoms with Crippen molar-refractivity contribution in [1.82, 2.24) is 9.78 Å². The average Bonchev–Trinajstić information content (AvgIpc) is 3.18. The predicted octanol–water partition coefficient (Wildman–Crippen LogP) is 4.80. The van der Waals surface area contributed by atoms with Crippen molar-refractivity contribution in [2.24, 2.45) is 7.05 Å². The lowest BCUT2D eigenvalue weighted by atomic mass is 10.2. The van der Waals surface area contributed by atoms with Gasteiger partial charge in [0.25, 0.3) is 0 Å². The predicted molar refractivity (Wildman–Crippen MR) is 96.1 cm³/mol. The van der Waals surface area contributed by atoms with E-state index in [0.717, 1.165) is 0 Å². The van der Waals surface area contributed by atoms with E-state index in [9.17, 15) is 4.79 Å². The highest BCUT2D eigenvalue weighted by molar-refractivity contribution is 6.34. The molecule has 0 saturated carbocycles. The van der Waals surface area contributed by atoms with Crippen molar-refractivity contribution in [2.75, 3.05) is 0 Å². The topological polar surface area (TPSA) is 57.3 Å². The van der Waals surface area contributed by atoms with Crippen LogP contribution in [0.1, 0.15) is 22.0 Å². The number of hydrogen-bond acceptors (Lipinski definition) is 4. The molecule has 0 bridgehead atoms. The van der Waals surface area contributed by atoms with E-state index in [1.54, 1.807) is 55.7 Å². The maximum Gasteiger partial charge on any atom is 0.207 e. The van der Waals surface area contributed by atoms with Gasteiger partial charge in [-0.25, -0.2) is 0 Å². The first-order chi connectivity index (χ1) is 12.0. The van der Waals surface area contributed by atoms with Crippen LogP contribution in [0.25, 0.3) is 6.08 Å². The summed E-state index contributed by atoms with van der Waals surface area (Å²) in [4.78, 5) is 12.1. The van der Waals surface area contributed by atoms with E-state index in [1.165, 1.54) is 10.8 Å². The third kappa shape index (κ3) is 4.53. The largest absolute Gasteiger partial charge is 0.486 e. The van der Waals surface area contributed by atoms with E-state index >= 15 is 0 Å². The molecule has 0 atom stereocenters. The number of furan rings is 1. The Bertz CT molecular complexity index is 911. The number of benzene rings is 1. The zero-order chi connectivity index (χ0) is 17.8. The van der Waals surface area contributed by atoms with Crippen LogP contribution < -0.4 is 4.74 Å². The van der Waals surface area contributed by atoms with E-state index in [1.807, 2.05) is 0 Å². The normalized spacial score (nSPS) is 11.2. The molecule has 0 saturated heterocycles. The summed E-state index contributed by atoms with van der Waals surface area (Å²) in [5, 5.41) is 4.98. The number of nitrogens with zero attached hydrogens (tertiary/aromatic N) is 2. The van der Waals surface area contributed by atoms with Gasteiger partial charge in [0.1, 0.15) is 23.9 Å². The molecule has 2 aromatic heterocycles. The minimum absolute atomic E-state index is 0.207. The summed E-state index contributed by atoms with van der Waals surface area (Å²) in [6.07, 6.45) is 4.51. The summed E-state index contributed by atoms with van der Waals surface area (Å²) in [6.45, 7) is 0.273. The summed E-state index contributed by atoms with van der Waals surface area (Å²) in [5.41, 5.74) is 0.207. The maximum absolute atomic E-state index is 12.1. The van der Waals surface area contributed by atoms with Gasteiger partial charge in [0.05, 0.1) is 5.02 Å². The van der Waals surface area contributed by atoms with Crippen LogP contribution in [0.4, 0.5) is 0 Å². The van der Waals surface area contributed by atoms with E-state index in [0.29, 0.717) is 27.3 Å². The molecule has 7 heteroatoms. The molecule has 0 radical (unpaired) electrons. The van der Waals surface area contributed by atoms with Crippen molar-refractivity contribution in [3.63, 3.8) is 0 Å². The van der Waals surface area contributed by atoms with Gasteiger partial charge < -0.3 is 9.15 Å². The summed E-state index contributed by atoms with van der Waals surface area (Å²) in [5.74, 6) is 1.58. The average molecular weight is 377 g/mol. The van der Waals surface area contributed by atoms with E-state index in [2.05, 4.69) is 5.10 Å². The van der Waals surface area contributed by atoms with Crippen LogP contribution in [0.3, 0.4) is 0 Å². The van der Waals surface area contributed by atoms with Crippen LogP contribution in [0.15, 0.2) is 53.1 Å². The summed E-state index contributed by atoms with van der Waals surface area (Å²) >= 11 is 11.8. The Balaban J connectivity index is 1.60. The first-order valence-electron chi connectivity index (χ1n) is 7.40. The minimum atomic E-state index is -0.291. The summed E-state index contributed by atoms with van der Waals surface area (Å²) < 4.78 is 12.7. The van der Waals surface area contributed by atoms with Crippen LogP contribution >= 0.6 is 23.2 Å². The number of ether oxygens (including phenoxy) is 1. The van der Waals surface area contributed by atoms with Gasteiger partial charge in [-0.1, -0.05) is 23.2 Å². The van der Waals surface area contributed by atoms with Gasteiger partial charge in [-0.2, -0.15) is 5.10 Å². The third-order valence-corrected chi connectivity index (χ3v) is 3.82. The van der Waals surface area contributed by atoms with Gasteiger partial charge >= 0.3 is 0 Å². The van der Waals surface area contributed by atoms with Crippen LogP contribution in [0.2, 0.25) is 10.0 Å². The maximum atomic E-state index is 12.1. The second-order valence-electron chi connectivity index (χ2n) is 5.24. The Kier molecular flexibility index (Phi) is 5.26. The van der Waals surface area contributed by atoms with Gasteiger partial charge in [0.2, 0.25) is 5.78 Å². The van der Waals surface area contributed by atoms with Crippen molar-refractivity contribution in [2.45, 2.75) is 6.61 Å².